The molecular weight excluding hydrogens is 534 g/mol. The van der Waals surface area contributed by atoms with Crippen LogP contribution in [0.5, 0.6) is 0 Å². The summed E-state index contributed by atoms with van der Waals surface area (Å²) >= 11 is 6.71. The third kappa shape index (κ3) is 4.47. The first-order valence-electron chi connectivity index (χ1n) is 13.4. The van der Waals surface area contributed by atoms with Gasteiger partial charge in [0.1, 0.15) is 11.8 Å². The fourth-order valence-corrected chi connectivity index (χ4v) is 6.12. The van der Waals surface area contributed by atoms with E-state index in [4.69, 9.17) is 11.6 Å². The van der Waals surface area contributed by atoms with Crippen LogP contribution in [0.15, 0.2) is 42.1 Å². The highest BCUT2D eigenvalue weighted by Crippen LogP contribution is 2.61. The number of anilines is 2. The van der Waals surface area contributed by atoms with Gasteiger partial charge in [0.15, 0.2) is 0 Å². The van der Waals surface area contributed by atoms with Crippen molar-refractivity contribution in [1.29, 1.82) is 5.26 Å². The minimum absolute atomic E-state index is 0.0441. The van der Waals surface area contributed by atoms with E-state index in [-0.39, 0.29) is 16.7 Å². The molecule has 7 rings (SSSR count). The minimum atomic E-state index is -0.746. The van der Waals surface area contributed by atoms with Gasteiger partial charge in [-0.15, -0.1) is 5.53 Å². The second-order valence-electron chi connectivity index (χ2n) is 12.3. The molecule has 2 aromatic heterocycles. The van der Waals surface area contributed by atoms with E-state index in [1.807, 2.05) is 6.07 Å². The summed E-state index contributed by atoms with van der Waals surface area (Å²) in [7, 11) is 0. The molecule has 3 heterocycles. The Bertz CT molecular complexity index is 1570. The number of halogens is 3. The molecular formula is C29H31ClF2N8. The summed E-state index contributed by atoms with van der Waals surface area (Å²) in [6, 6.07) is 7.90. The summed E-state index contributed by atoms with van der Waals surface area (Å²) in [5.74, 6) is -0.350. The summed E-state index contributed by atoms with van der Waals surface area (Å²) in [6.45, 7) is 8.60. The Morgan fingerprint density at radius 2 is 2.00 bits per heavy atom. The molecule has 4 aliphatic rings. The number of hydrogen-bond donors (Lipinski definition) is 4. The molecule has 1 atom stereocenters. The maximum absolute atomic E-state index is 16.0. The third-order valence-electron chi connectivity index (χ3n) is 8.05. The first-order valence-corrected chi connectivity index (χ1v) is 13.7. The van der Waals surface area contributed by atoms with Gasteiger partial charge in [0, 0.05) is 35.1 Å². The van der Waals surface area contributed by atoms with Crippen molar-refractivity contribution in [2.45, 2.75) is 58.5 Å². The Morgan fingerprint density at radius 3 is 2.62 bits per heavy atom. The van der Waals surface area contributed by atoms with Crippen LogP contribution >= 0.6 is 11.6 Å². The lowest BCUT2D eigenvalue weighted by Crippen LogP contribution is -2.70. The van der Waals surface area contributed by atoms with E-state index in [2.05, 4.69) is 58.4 Å². The summed E-state index contributed by atoms with van der Waals surface area (Å²) in [5.41, 5.74) is 9.24. The van der Waals surface area contributed by atoms with E-state index in [0.29, 0.717) is 56.6 Å². The third-order valence-corrected chi connectivity index (χ3v) is 8.33. The van der Waals surface area contributed by atoms with E-state index in [9.17, 15) is 9.65 Å². The average molecular weight is 565 g/mol. The molecule has 0 saturated heterocycles. The Morgan fingerprint density at radius 1 is 1.25 bits per heavy atom. The standard InChI is InChI=1S/C29H31ClF2N8/c1-15-19(5-6-22(31)36-15)25(26-27(32)40(39-38-26)29-9-16(10-29)11-29)37-18-7-20-23(35-14-28(2,3)4)17(12-33)13-34-24(20)21(30)8-18/h5-8,13,16,25,37-39H,9-11,14H2,1-4H3,(H,34,35)/t16?,25-,29?/m0/s1. The van der Waals surface area contributed by atoms with Crippen molar-refractivity contribution in [2.24, 2.45) is 11.3 Å². The lowest BCUT2D eigenvalue weighted by molar-refractivity contribution is -0.155. The van der Waals surface area contributed by atoms with Crippen molar-refractivity contribution in [2.75, 3.05) is 17.2 Å². The Labute approximate surface area is 236 Å². The summed E-state index contributed by atoms with van der Waals surface area (Å²) in [5, 5.41) is 19.2. The number of aryl methyl sites for hydroxylation is 1. The molecule has 4 N–H and O–H groups in total. The predicted octanol–water partition coefficient (Wildman–Crippen LogP) is 6.23. The van der Waals surface area contributed by atoms with Gasteiger partial charge in [0.05, 0.1) is 33.4 Å². The van der Waals surface area contributed by atoms with Gasteiger partial charge in [0.25, 0.3) is 0 Å². The molecule has 3 aliphatic carbocycles. The van der Waals surface area contributed by atoms with Gasteiger partial charge in [-0.3, -0.25) is 9.99 Å². The highest BCUT2D eigenvalue weighted by atomic mass is 35.5. The lowest BCUT2D eigenvalue weighted by atomic mass is 9.49. The van der Waals surface area contributed by atoms with Gasteiger partial charge < -0.3 is 16.1 Å². The minimum Gasteiger partial charge on any atom is -0.383 e. The Kier molecular flexibility index (Phi) is 6.28. The molecule has 3 aromatic rings. The largest absolute Gasteiger partial charge is 0.383 e. The normalized spacial score (nSPS) is 22.4. The van der Waals surface area contributed by atoms with Crippen molar-refractivity contribution in [3.8, 4) is 6.07 Å². The predicted molar refractivity (Wildman–Crippen MR) is 151 cm³/mol. The number of nitrogens with one attached hydrogen (secondary N) is 4. The molecule has 8 nitrogen and oxygen atoms in total. The second-order valence-corrected chi connectivity index (χ2v) is 12.7. The van der Waals surface area contributed by atoms with Crippen LogP contribution < -0.4 is 21.6 Å². The maximum atomic E-state index is 16.0. The van der Waals surface area contributed by atoms with E-state index in [0.717, 1.165) is 19.3 Å². The summed E-state index contributed by atoms with van der Waals surface area (Å²) in [4.78, 5) is 8.42. The number of nitriles is 1. The molecule has 0 radical (unpaired) electrons. The fourth-order valence-electron chi connectivity index (χ4n) is 5.85. The van der Waals surface area contributed by atoms with Crippen molar-refractivity contribution < 1.29 is 8.78 Å². The molecule has 2 bridgehead atoms. The monoisotopic (exact) mass is 564 g/mol. The SMILES string of the molecule is Cc1nc(F)ccc1[C@H](Nc1cc(Cl)c2ncc(C#N)c(NCC(C)(C)C)c2c1)C1=C(F)N(C23CC(C2)C3)NN1. The number of hydrogen-bond acceptors (Lipinski definition) is 8. The van der Waals surface area contributed by atoms with Crippen LogP contribution in [-0.4, -0.2) is 27.1 Å². The summed E-state index contributed by atoms with van der Waals surface area (Å²) < 4.78 is 30.0. The smallest absolute Gasteiger partial charge is 0.228 e. The Hall–Kier alpha value is -3.68. The topological polar surface area (TPSA) is 101 Å². The zero-order valence-corrected chi connectivity index (χ0v) is 23.5. The first-order chi connectivity index (χ1) is 19.0. The number of hydrazine groups is 2. The van der Waals surface area contributed by atoms with Gasteiger partial charge in [0.2, 0.25) is 11.9 Å². The maximum Gasteiger partial charge on any atom is 0.228 e. The van der Waals surface area contributed by atoms with Crippen LogP contribution in [-0.2, 0) is 0 Å². The van der Waals surface area contributed by atoms with Crippen LogP contribution in [0.25, 0.3) is 10.9 Å². The fraction of sp³-hybridized carbons (Fsp3) is 0.414. The van der Waals surface area contributed by atoms with Crippen molar-refractivity contribution in [1.82, 2.24) is 25.9 Å². The zero-order chi connectivity index (χ0) is 28.4. The van der Waals surface area contributed by atoms with Gasteiger partial charge in [-0.2, -0.15) is 14.0 Å². The lowest BCUT2D eigenvalue weighted by Gasteiger charge is -2.64. The summed E-state index contributed by atoms with van der Waals surface area (Å²) in [6.07, 6.45) is 4.37. The van der Waals surface area contributed by atoms with Gasteiger partial charge in [-0.05, 0) is 55.7 Å². The van der Waals surface area contributed by atoms with Crippen LogP contribution in [0.4, 0.5) is 20.2 Å². The highest BCUT2D eigenvalue weighted by Gasteiger charge is 2.62. The van der Waals surface area contributed by atoms with Crippen LogP contribution in [0.3, 0.4) is 0 Å². The van der Waals surface area contributed by atoms with Gasteiger partial charge >= 0.3 is 0 Å². The number of nitrogens with zero attached hydrogens (tertiary/aromatic N) is 4. The van der Waals surface area contributed by atoms with Crippen LogP contribution in [0.1, 0.15) is 62.9 Å². The van der Waals surface area contributed by atoms with Gasteiger partial charge in [-0.1, -0.05) is 38.4 Å². The zero-order valence-electron chi connectivity index (χ0n) is 22.8. The first kappa shape index (κ1) is 26.5. The quantitative estimate of drug-likeness (QED) is 0.198. The molecule has 40 heavy (non-hydrogen) atoms. The molecule has 1 aromatic carbocycles. The molecule has 208 valence electrons. The highest BCUT2D eigenvalue weighted by molar-refractivity contribution is 6.35. The van der Waals surface area contributed by atoms with Crippen molar-refractivity contribution >= 4 is 33.9 Å². The Balaban J connectivity index is 1.43. The van der Waals surface area contributed by atoms with E-state index >= 15 is 4.39 Å². The van der Waals surface area contributed by atoms with Crippen LogP contribution in [0.2, 0.25) is 5.02 Å². The number of rotatable bonds is 7. The average Bonchev–Trinajstić information content (AvgIpc) is 3.19. The van der Waals surface area contributed by atoms with E-state index in [1.165, 1.54) is 12.3 Å². The molecule has 0 amide bonds. The van der Waals surface area contributed by atoms with Crippen molar-refractivity contribution in [3.63, 3.8) is 0 Å². The van der Waals surface area contributed by atoms with Crippen LogP contribution in [0, 0.1) is 35.5 Å². The van der Waals surface area contributed by atoms with E-state index in [1.54, 1.807) is 24.1 Å². The molecule has 1 aliphatic heterocycles. The van der Waals surface area contributed by atoms with E-state index < -0.39 is 17.9 Å². The molecule has 0 spiro atoms. The number of pyridine rings is 2. The molecule has 0 unspecified atom stereocenters. The number of aromatic nitrogens is 2. The molecule has 3 saturated carbocycles. The molecule has 3 fully saturated rings. The number of benzene rings is 1. The van der Waals surface area contributed by atoms with Gasteiger partial charge in [-0.25, -0.2) is 4.98 Å². The van der Waals surface area contributed by atoms with Crippen molar-refractivity contribution in [3.05, 3.63) is 69.9 Å². The molecule has 11 heteroatoms. The number of fused-ring (bicyclic) bond motifs is 1. The second kappa shape index (κ2) is 9.46.